The van der Waals surface area contributed by atoms with Crippen molar-refractivity contribution in [2.45, 2.75) is 30.6 Å². The molecule has 2 aromatic rings. The number of benzene rings is 2. The summed E-state index contributed by atoms with van der Waals surface area (Å²) in [6.45, 7) is 0. The van der Waals surface area contributed by atoms with Crippen LogP contribution in [0.15, 0.2) is 42.5 Å². The lowest BCUT2D eigenvalue weighted by Crippen LogP contribution is -2.61. The molecule has 0 bridgehead atoms. The van der Waals surface area contributed by atoms with E-state index in [4.69, 9.17) is 9.84 Å². The second kappa shape index (κ2) is 6.13. The minimum Gasteiger partial charge on any atom is -0.479 e. The molecule has 0 amide bonds. The molecule has 7 heteroatoms. The van der Waals surface area contributed by atoms with Gasteiger partial charge in [0.15, 0.2) is 12.3 Å². The average molecular weight is 319 g/mol. The highest BCUT2D eigenvalue weighted by Gasteiger charge is 2.46. The van der Waals surface area contributed by atoms with Crippen molar-refractivity contribution in [1.82, 2.24) is 0 Å². The van der Waals surface area contributed by atoms with Crippen LogP contribution in [0.25, 0.3) is 10.8 Å². The minimum absolute atomic E-state index is 0.598. The molecule has 23 heavy (non-hydrogen) atoms. The minimum atomic E-state index is -1.70. The van der Waals surface area contributed by atoms with Gasteiger partial charge in [-0.15, -0.1) is 0 Å². The standard InChI is InChI=1S/C16H17NO6/c18-11-12(19)14(16(21)22)23-15(13(11)20)17-10-6-5-8-3-1-2-4-9(8)7-10/h1-7,11-15,17-20H,(H,21,22)/t11-,12-,13+,14-,15+/m0/s1. The molecule has 122 valence electrons. The number of fused-ring (bicyclic) bond motifs is 1. The molecule has 0 radical (unpaired) electrons. The summed E-state index contributed by atoms with van der Waals surface area (Å²) in [5, 5.41) is 43.3. The van der Waals surface area contributed by atoms with E-state index in [-0.39, 0.29) is 0 Å². The fraction of sp³-hybridized carbons (Fsp3) is 0.312. The van der Waals surface area contributed by atoms with Crippen LogP contribution in [0.5, 0.6) is 0 Å². The second-order valence-electron chi connectivity index (χ2n) is 5.49. The van der Waals surface area contributed by atoms with E-state index >= 15 is 0 Å². The highest BCUT2D eigenvalue weighted by molar-refractivity contribution is 5.85. The van der Waals surface area contributed by atoms with Crippen molar-refractivity contribution in [3.05, 3.63) is 42.5 Å². The zero-order chi connectivity index (χ0) is 16.6. The quantitative estimate of drug-likeness (QED) is 0.546. The Balaban J connectivity index is 1.83. The molecule has 0 aliphatic carbocycles. The monoisotopic (exact) mass is 319 g/mol. The summed E-state index contributed by atoms with van der Waals surface area (Å²) in [6, 6.07) is 13.1. The first-order valence-corrected chi connectivity index (χ1v) is 7.15. The van der Waals surface area contributed by atoms with Gasteiger partial charge in [-0.2, -0.15) is 0 Å². The van der Waals surface area contributed by atoms with E-state index in [2.05, 4.69) is 5.32 Å². The zero-order valence-electron chi connectivity index (χ0n) is 12.0. The van der Waals surface area contributed by atoms with Crippen molar-refractivity contribution in [2.24, 2.45) is 0 Å². The Hall–Kier alpha value is -2.19. The molecule has 0 unspecified atom stereocenters. The van der Waals surface area contributed by atoms with Gasteiger partial charge >= 0.3 is 5.97 Å². The second-order valence-corrected chi connectivity index (χ2v) is 5.49. The third-order valence-corrected chi connectivity index (χ3v) is 3.92. The molecule has 0 saturated carbocycles. The number of carboxylic acid groups (broad SMARTS) is 1. The van der Waals surface area contributed by atoms with Gasteiger partial charge < -0.3 is 30.5 Å². The van der Waals surface area contributed by atoms with Gasteiger partial charge in [0.05, 0.1) is 0 Å². The predicted octanol–water partition coefficient (Wildman–Crippen LogP) is 0.144. The summed E-state index contributed by atoms with van der Waals surface area (Å²) in [5.41, 5.74) is 0.598. The first-order valence-electron chi connectivity index (χ1n) is 7.15. The normalized spacial score (nSPS) is 31.0. The SMILES string of the molecule is O=C(O)[C@H]1O[C@@H](Nc2ccc3ccccc3c2)[C@H](O)[C@@H](O)[C@@H]1O. The molecule has 1 aliphatic rings. The van der Waals surface area contributed by atoms with Crippen LogP contribution in [-0.2, 0) is 9.53 Å². The van der Waals surface area contributed by atoms with E-state index < -0.39 is 36.6 Å². The van der Waals surface area contributed by atoms with Crippen LogP contribution >= 0.6 is 0 Å². The molecule has 5 N–H and O–H groups in total. The number of aliphatic hydroxyl groups is 3. The largest absolute Gasteiger partial charge is 0.479 e. The molecular formula is C16H17NO6. The van der Waals surface area contributed by atoms with Crippen molar-refractivity contribution in [3.63, 3.8) is 0 Å². The third kappa shape index (κ3) is 2.99. The van der Waals surface area contributed by atoms with Crippen molar-refractivity contribution in [3.8, 4) is 0 Å². The number of carbonyl (C=O) groups is 1. The molecule has 5 atom stereocenters. The predicted molar refractivity (Wildman–Crippen MR) is 81.9 cm³/mol. The molecule has 1 aliphatic heterocycles. The number of ether oxygens (including phenoxy) is 1. The number of nitrogens with one attached hydrogen (secondary N) is 1. The van der Waals surface area contributed by atoms with Crippen LogP contribution in [-0.4, -0.2) is 57.0 Å². The smallest absolute Gasteiger partial charge is 0.335 e. The molecule has 0 aromatic heterocycles. The van der Waals surface area contributed by atoms with Crippen molar-refractivity contribution >= 4 is 22.4 Å². The summed E-state index contributed by atoms with van der Waals surface area (Å²) < 4.78 is 5.19. The topological polar surface area (TPSA) is 119 Å². The first kappa shape index (κ1) is 15.7. The van der Waals surface area contributed by atoms with Crippen LogP contribution < -0.4 is 5.32 Å². The third-order valence-electron chi connectivity index (χ3n) is 3.92. The molecule has 1 saturated heterocycles. The Morgan fingerprint density at radius 1 is 0.957 bits per heavy atom. The van der Waals surface area contributed by atoms with Crippen LogP contribution in [0.2, 0.25) is 0 Å². The van der Waals surface area contributed by atoms with Gasteiger partial charge in [-0.25, -0.2) is 4.79 Å². The Labute approximate surface area is 131 Å². The van der Waals surface area contributed by atoms with Gasteiger partial charge in [-0.1, -0.05) is 30.3 Å². The Morgan fingerprint density at radius 3 is 2.35 bits per heavy atom. The zero-order valence-corrected chi connectivity index (χ0v) is 12.0. The maximum absolute atomic E-state index is 11.1. The van der Waals surface area contributed by atoms with E-state index in [0.29, 0.717) is 5.69 Å². The highest BCUT2D eigenvalue weighted by Crippen LogP contribution is 2.25. The van der Waals surface area contributed by atoms with E-state index in [1.165, 1.54) is 0 Å². The van der Waals surface area contributed by atoms with Gasteiger partial charge in [0, 0.05) is 5.69 Å². The number of aliphatic hydroxyl groups excluding tert-OH is 3. The summed E-state index contributed by atoms with van der Waals surface area (Å²) in [5.74, 6) is -1.41. The summed E-state index contributed by atoms with van der Waals surface area (Å²) in [6.07, 6.45) is -7.56. The van der Waals surface area contributed by atoms with Crippen molar-refractivity contribution in [1.29, 1.82) is 0 Å². The van der Waals surface area contributed by atoms with Gasteiger partial charge in [-0.05, 0) is 22.9 Å². The fourth-order valence-corrected chi connectivity index (χ4v) is 2.65. The lowest BCUT2D eigenvalue weighted by atomic mass is 9.98. The van der Waals surface area contributed by atoms with Gasteiger partial charge in [0.1, 0.15) is 18.3 Å². The molecule has 7 nitrogen and oxygen atoms in total. The average Bonchev–Trinajstić information content (AvgIpc) is 2.55. The van der Waals surface area contributed by atoms with Gasteiger partial charge in [0.25, 0.3) is 0 Å². The number of aliphatic carboxylic acids is 1. The number of hydrogen-bond donors (Lipinski definition) is 5. The molecule has 2 aromatic carbocycles. The summed E-state index contributed by atoms with van der Waals surface area (Å²) >= 11 is 0. The number of hydrogen-bond acceptors (Lipinski definition) is 6. The lowest BCUT2D eigenvalue weighted by Gasteiger charge is -2.39. The van der Waals surface area contributed by atoms with Crippen molar-refractivity contribution in [2.75, 3.05) is 5.32 Å². The fourth-order valence-electron chi connectivity index (χ4n) is 2.65. The van der Waals surface area contributed by atoms with Gasteiger partial charge in [-0.3, -0.25) is 0 Å². The lowest BCUT2D eigenvalue weighted by molar-refractivity contribution is -0.221. The molecule has 1 fully saturated rings. The molecule has 3 rings (SSSR count). The molecular weight excluding hydrogens is 302 g/mol. The first-order chi connectivity index (χ1) is 11.0. The number of anilines is 1. The van der Waals surface area contributed by atoms with Crippen LogP contribution in [0.3, 0.4) is 0 Å². The van der Waals surface area contributed by atoms with E-state index in [0.717, 1.165) is 10.8 Å². The van der Waals surface area contributed by atoms with Crippen LogP contribution in [0.4, 0.5) is 5.69 Å². The van der Waals surface area contributed by atoms with Crippen molar-refractivity contribution < 1.29 is 30.0 Å². The van der Waals surface area contributed by atoms with Crippen LogP contribution in [0, 0.1) is 0 Å². The van der Waals surface area contributed by atoms with Gasteiger partial charge in [0.2, 0.25) is 0 Å². The summed E-state index contributed by atoms with van der Waals surface area (Å²) in [7, 11) is 0. The molecule has 0 spiro atoms. The van der Waals surface area contributed by atoms with E-state index in [1.807, 2.05) is 36.4 Å². The summed E-state index contributed by atoms with van der Waals surface area (Å²) in [4.78, 5) is 11.1. The molecule has 1 heterocycles. The number of carboxylic acids is 1. The maximum Gasteiger partial charge on any atom is 0.335 e. The van der Waals surface area contributed by atoms with E-state index in [1.54, 1.807) is 6.07 Å². The van der Waals surface area contributed by atoms with E-state index in [9.17, 15) is 20.1 Å². The maximum atomic E-state index is 11.1. The Kier molecular flexibility index (Phi) is 4.18. The number of rotatable bonds is 3. The Morgan fingerprint density at radius 2 is 1.65 bits per heavy atom. The van der Waals surface area contributed by atoms with Crippen LogP contribution in [0.1, 0.15) is 0 Å². The highest BCUT2D eigenvalue weighted by atomic mass is 16.6. The Bertz CT molecular complexity index is 721.